The molecule has 0 aliphatic heterocycles. The second-order valence-electron chi connectivity index (χ2n) is 6.97. The molecule has 1 saturated carbocycles. The van der Waals surface area contributed by atoms with Crippen molar-refractivity contribution in [2.45, 2.75) is 44.8 Å². The molecule has 1 amide bonds. The molecule has 144 valence electrons. The molecule has 1 aromatic carbocycles. The van der Waals surface area contributed by atoms with E-state index in [-0.39, 0.29) is 11.9 Å². The van der Waals surface area contributed by atoms with Gasteiger partial charge in [0, 0.05) is 18.3 Å². The molecule has 28 heavy (non-hydrogen) atoms. The van der Waals surface area contributed by atoms with Gasteiger partial charge in [-0.2, -0.15) is 0 Å². The first-order valence-electron chi connectivity index (χ1n) is 9.81. The Morgan fingerprint density at radius 1 is 1.18 bits per heavy atom. The van der Waals surface area contributed by atoms with Gasteiger partial charge in [-0.25, -0.2) is 0 Å². The predicted octanol–water partition coefficient (Wildman–Crippen LogP) is 4.47. The molecule has 1 heterocycles. The number of carbonyl (C=O) groups excluding carboxylic acids is 1. The fourth-order valence-corrected chi connectivity index (χ4v) is 3.46. The summed E-state index contributed by atoms with van der Waals surface area (Å²) in [5.41, 5.74) is 1.83. The van der Waals surface area contributed by atoms with Gasteiger partial charge in [0.25, 0.3) is 0 Å². The number of terminal acetylenes is 1. The molecule has 1 aliphatic carbocycles. The van der Waals surface area contributed by atoms with Crippen LogP contribution in [0.1, 0.15) is 43.4 Å². The molecule has 0 spiro atoms. The van der Waals surface area contributed by atoms with E-state index in [4.69, 9.17) is 11.2 Å². The highest BCUT2D eigenvalue weighted by atomic mass is 16.5. The summed E-state index contributed by atoms with van der Waals surface area (Å²) < 4.78 is 5.74. The number of nitrogens with zero attached hydrogens (tertiary/aromatic N) is 2. The van der Waals surface area contributed by atoms with Crippen molar-refractivity contribution in [1.82, 2.24) is 9.88 Å². The number of rotatable bonds is 7. The predicted molar refractivity (Wildman–Crippen MR) is 111 cm³/mol. The van der Waals surface area contributed by atoms with Crippen LogP contribution in [-0.2, 0) is 11.4 Å². The van der Waals surface area contributed by atoms with Gasteiger partial charge in [-0.15, -0.1) is 6.42 Å². The lowest BCUT2D eigenvalue weighted by atomic mass is 9.94. The number of aromatic nitrogens is 1. The van der Waals surface area contributed by atoms with Crippen molar-refractivity contribution in [2.24, 2.45) is 0 Å². The molecule has 0 saturated heterocycles. The van der Waals surface area contributed by atoms with Crippen molar-refractivity contribution in [3.05, 3.63) is 66.0 Å². The summed E-state index contributed by atoms with van der Waals surface area (Å²) in [5.74, 6) is 3.38. The number of hydrogen-bond donors (Lipinski definition) is 0. The summed E-state index contributed by atoms with van der Waals surface area (Å²) in [6.45, 7) is 0.797. The van der Waals surface area contributed by atoms with Gasteiger partial charge in [0.05, 0.1) is 12.2 Å². The molecule has 0 N–H and O–H groups in total. The Morgan fingerprint density at radius 2 is 1.96 bits per heavy atom. The van der Waals surface area contributed by atoms with Crippen LogP contribution in [0.5, 0.6) is 5.75 Å². The van der Waals surface area contributed by atoms with Gasteiger partial charge in [0.2, 0.25) is 5.91 Å². The normalized spacial score (nSPS) is 14.5. The number of hydrogen-bond acceptors (Lipinski definition) is 3. The minimum absolute atomic E-state index is 0.0136. The molecule has 0 bridgehead atoms. The number of pyridine rings is 1. The van der Waals surface area contributed by atoms with Crippen LogP contribution in [0.25, 0.3) is 6.08 Å². The van der Waals surface area contributed by atoms with Crippen LogP contribution < -0.4 is 4.74 Å². The largest absolute Gasteiger partial charge is 0.487 e. The van der Waals surface area contributed by atoms with E-state index in [0.717, 1.165) is 29.8 Å². The maximum atomic E-state index is 12.6. The Labute approximate surface area is 167 Å². The molecular weight excluding hydrogens is 348 g/mol. The Kier molecular flexibility index (Phi) is 7.26. The fourth-order valence-electron chi connectivity index (χ4n) is 3.46. The van der Waals surface area contributed by atoms with E-state index in [1.807, 2.05) is 53.4 Å². The van der Waals surface area contributed by atoms with Crippen LogP contribution in [0.2, 0.25) is 0 Å². The summed E-state index contributed by atoms with van der Waals surface area (Å²) >= 11 is 0. The van der Waals surface area contributed by atoms with E-state index < -0.39 is 0 Å². The topological polar surface area (TPSA) is 42.4 Å². The lowest BCUT2D eigenvalue weighted by Gasteiger charge is -2.32. The van der Waals surface area contributed by atoms with E-state index in [9.17, 15) is 4.79 Å². The first kappa shape index (κ1) is 19.7. The molecule has 3 rings (SSSR count). The number of carbonyl (C=O) groups is 1. The zero-order valence-electron chi connectivity index (χ0n) is 16.1. The van der Waals surface area contributed by atoms with Gasteiger partial charge in [-0.3, -0.25) is 9.78 Å². The van der Waals surface area contributed by atoms with Crippen molar-refractivity contribution in [1.29, 1.82) is 0 Å². The van der Waals surface area contributed by atoms with Crippen LogP contribution in [-0.4, -0.2) is 28.4 Å². The van der Waals surface area contributed by atoms with Crippen LogP contribution >= 0.6 is 0 Å². The minimum atomic E-state index is -0.0136. The lowest BCUT2D eigenvalue weighted by molar-refractivity contribution is -0.128. The Bertz CT molecular complexity index is 816. The standard InChI is InChI=1S/C24H26N2O2/c1-2-18-26(22-9-4-3-5-10-22)24(27)16-13-20-11-14-23(15-12-20)28-19-21-8-6-7-17-25-21/h1,6-8,11-17,22H,3-5,9-10,18-19H2/b16-13+. The van der Waals surface area contributed by atoms with Crippen LogP contribution in [0.15, 0.2) is 54.7 Å². The zero-order valence-corrected chi connectivity index (χ0v) is 16.1. The lowest BCUT2D eigenvalue weighted by Crippen LogP contribution is -2.40. The smallest absolute Gasteiger partial charge is 0.247 e. The maximum absolute atomic E-state index is 12.6. The van der Waals surface area contributed by atoms with Crippen molar-refractivity contribution in [2.75, 3.05) is 6.54 Å². The van der Waals surface area contributed by atoms with Gasteiger partial charge in [-0.1, -0.05) is 43.4 Å². The van der Waals surface area contributed by atoms with E-state index in [1.54, 1.807) is 12.3 Å². The maximum Gasteiger partial charge on any atom is 0.247 e. The third-order valence-corrected chi connectivity index (χ3v) is 4.97. The van der Waals surface area contributed by atoms with E-state index in [1.165, 1.54) is 19.3 Å². The highest BCUT2D eigenvalue weighted by Gasteiger charge is 2.23. The molecular formula is C24H26N2O2. The third kappa shape index (κ3) is 5.72. The average Bonchev–Trinajstić information content (AvgIpc) is 2.76. The molecule has 4 nitrogen and oxygen atoms in total. The van der Waals surface area contributed by atoms with E-state index in [0.29, 0.717) is 13.2 Å². The van der Waals surface area contributed by atoms with Crippen molar-refractivity contribution < 1.29 is 9.53 Å². The molecule has 0 radical (unpaired) electrons. The van der Waals surface area contributed by atoms with Gasteiger partial charge in [0.1, 0.15) is 12.4 Å². The fraction of sp³-hybridized carbons (Fsp3) is 0.333. The summed E-state index contributed by atoms with van der Waals surface area (Å²) in [7, 11) is 0. The molecule has 0 atom stereocenters. The van der Waals surface area contributed by atoms with Gasteiger partial charge < -0.3 is 9.64 Å². The highest BCUT2D eigenvalue weighted by Crippen LogP contribution is 2.23. The van der Waals surface area contributed by atoms with Crippen LogP contribution in [0.4, 0.5) is 0 Å². The van der Waals surface area contributed by atoms with Gasteiger partial charge >= 0.3 is 0 Å². The van der Waals surface area contributed by atoms with E-state index in [2.05, 4.69) is 10.9 Å². The minimum Gasteiger partial charge on any atom is -0.487 e. The van der Waals surface area contributed by atoms with Crippen molar-refractivity contribution in [3.8, 4) is 18.1 Å². The van der Waals surface area contributed by atoms with Crippen molar-refractivity contribution in [3.63, 3.8) is 0 Å². The summed E-state index contributed by atoms with van der Waals surface area (Å²) in [4.78, 5) is 18.7. The highest BCUT2D eigenvalue weighted by molar-refractivity contribution is 5.92. The average molecular weight is 374 g/mol. The summed E-state index contributed by atoms with van der Waals surface area (Å²) in [6.07, 6.45) is 16.4. The van der Waals surface area contributed by atoms with Crippen molar-refractivity contribution >= 4 is 12.0 Å². The molecule has 2 aromatic rings. The first-order chi connectivity index (χ1) is 13.8. The first-order valence-corrected chi connectivity index (χ1v) is 9.81. The Balaban J connectivity index is 1.56. The quantitative estimate of drug-likeness (QED) is 0.530. The number of amides is 1. The van der Waals surface area contributed by atoms with Crippen LogP contribution in [0, 0.1) is 12.3 Å². The monoisotopic (exact) mass is 374 g/mol. The summed E-state index contributed by atoms with van der Waals surface area (Å²) in [6, 6.07) is 13.7. The van der Waals surface area contributed by atoms with E-state index >= 15 is 0 Å². The second-order valence-corrected chi connectivity index (χ2v) is 6.97. The second kappa shape index (κ2) is 10.3. The Hall–Kier alpha value is -3.06. The van der Waals surface area contributed by atoms with Gasteiger partial charge in [-0.05, 0) is 48.7 Å². The zero-order chi connectivity index (χ0) is 19.6. The van der Waals surface area contributed by atoms with Gasteiger partial charge in [0.15, 0.2) is 0 Å². The molecule has 0 unspecified atom stereocenters. The number of ether oxygens (including phenoxy) is 1. The molecule has 1 fully saturated rings. The molecule has 4 heteroatoms. The molecule has 1 aromatic heterocycles. The number of benzene rings is 1. The third-order valence-electron chi connectivity index (χ3n) is 4.97. The van der Waals surface area contributed by atoms with Crippen LogP contribution in [0.3, 0.4) is 0 Å². The summed E-state index contributed by atoms with van der Waals surface area (Å²) in [5, 5.41) is 0. The molecule has 1 aliphatic rings. The Morgan fingerprint density at radius 3 is 2.64 bits per heavy atom. The SMILES string of the molecule is C#CCN(C(=O)/C=C/c1ccc(OCc2ccccn2)cc1)C1CCCCC1.